The minimum absolute atomic E-state index is 0.270. The molecule has 6 heteroatoms. The molecular formula is C19H23N5O. The van der Waals surface area contributed by atoms with E-state index in [-0.39, 0.29) is 11.3 Å². The van der Waals surface area contributed by atoms with Crippen LogP contribution in [0.4, 0.5) is 5.82 Å². The second-order valence-electron chi connectivity index (χ2n) is 7.31. The quantitative estimate of drug-likeness (QED) is 0.858. The van der Waals surface area contributed by atoms with Gasteiger partial charge in [-0.05, 0) is 43.0 Å². The first-order valence-corrected chi connectivity index (χ1v) is 8.82. The maximum atomic E-state index is 13.2. The lowest BCUT2D eigenvalue weighted by Crippen LogP contribution is -2.39. The maximum absolute atomic E-state index is 13.2. The van der Waals surface area contributed by atoms with Crippen molar-refractivity contribution in [3.63, 3.8) is 0 Å². The molecule has 1 spiro atoms. The number of hydrogen-bond donors (Lipinski definition) is 0. The van der Waals surface area contributed by atoms with E-state index in [0.29, 0.717) is 12.5 Å². The molecule has 0 radical (unpaired) electrons. The molecule has 0 aliphatic carbocycles. The van der Waals surface area contributed by atoms with E-state index in [0.717, 1.165) is 43.1 Å². The largest absolute Gasteiger partial charge is 0.354 e. The Morgan fingerprint density at radius 1 is 1.28 bits per heavy atom. The van der Waals surface area contributed by atoms with Crippen LogP contribution >= 0.6 is 0 Å². The van der Waals surface area contributed by atoms with Crippen molar-refractivity contribution < 1.29 is 4.79 Å². The zero-order valence-electron chi connectivity index (χ0n) is 14.7. The van der Waals surface area contributed by atoms with Crippen LogP contribution in [0.5, 0.6) is 0 Å². The van der Waals surface area contributed by atoms with Gasteiger partial charge in [-0.2, -0.15) is 5.10 Å². The van der Waals surface area contributed by atoms with E-state index < -0.39 is 0 Å². The number of carbonyl (C=O) groups is 1. The fourth-order valence-electron chi connectivity index (χ4n) is 4.13. The summed E-state index contributed by atoms with van der Waals surface area (Å²) in [7, 11) is 0. The van der Waals surface area contributed by atoms with Crippen LogP contribution in [0.3, 0.4) is 0 Å². The minimum Gasteiger partial charge on any atom is -0.354 e. The normalized spacial score (nSPS) is 26.0. The van der Waals surface area contributed by atoms with Gasteiger partial charge in [0.2, 0.25) is 5.91 Å². The molecule has 25 heavy (non-hydrogen) atoms. The molecule has 2 aromatic heterocycles. The summed E-state index contributed by atoms with van der Waals surface area (Å²) < 4.78 is 0. The highest BCUT2D eigenvalue weighted by atomic mass is 16.2. The average Bonchev–Trinajstić information content (AvgIpc) is 3.12. The van der Waals surface area contributed by atoms with Crippen molar-refractivity contribution >= 4 is 11.7 Å². The third-order valence-corrected chi connectivity index (χ3v) is 5.66. The number of rotatable bonds is 3. The van der Waals surface area contributed by atoms with Crippen molar-refractivity contribution in [2.45, 2.75) is 26.8 Å². The molecule has 2 fully saturated rings. The number of pyridine rings is 1. The molecule has 2 atom stereocenters. The second-order valence-corrected chi connectivity index (χ2v) is 7.31. The summed E-state index contributed by atoms with van der Waals surface area (Å²) in [4.78, 5) is 21.6. The molecule has 1 amide bonds. The molecule has 4 rings (SSSR count). The SMILES string of the molecule is Cc1ccc(N2C[C@H](C)[C@]3(CCN(Cc4cccnc4)C3=O)C2)nn1. The molecule has 2 aliphatic rings. The Kier molecular flexibility index (Phi) is 3.90. The Bertz CT molecular complexity index is 763. The van der Waals surface area contributed by atoms with Crippen LogP contribution in [0.25, 0.3) is 0 Å². The Hall–Kier alpha value is -2.50. The first-order valence-electron chi connectivity index (χ1n) is 8.82. The fourth-order valence-corrected chi connectivity index (χ4v) is 4.13. The smallest absolute Gasteiger partial charge is 0.231 e. The Labute approximate surface area is 147 Å². The average molecular weight is 337 g/mol. The molecule has 0 bridgehead atoms. The first-order chi connectivity index (χ1) is 12.1. The molecule has 2 aromatic rings. The van der Waals surface area contributed by atoms with E-state index in [4.69, 9.17) is 0 Å². The molecule has 0 saturated carbocycles. The molecule has 0 aromatic carbocycles. The van der Waals surface area contributed by atoms with Crippen molar-refractivity contribution in [1.29, 1.82) is 0 Å². The van der Waals surface area contributed by atoms with Crippen LogP contribution < -0.4 is 4.90 Å². The number of anilines is 1. The number of amides is 1. The van der Waals surface area contributed by atoms with Gasteiger partial charge < -0.3 is 9.80 Å². The molecule has 0 unspecified atom stereocenters. The topological polar surface area (TPSA) is 62.2 Å². The van der Waals surface area contributed by atoms with Crippen molar-refractivity contribution in [2.75, 3.05) is 24.5 Å². The van der Waals surface area contributed by atoms with E-state index in [2.05, 4.69) is 27.0 Å². The van der Waals surface area contributed by atoms with E-state index in [9.17, 15) is 4.79 Å². The molecule has 2 aliphatic heterocycles. The van der Waals surface area contributed by atoms with Crippen LogP contribution in [0.15, 0.2) is 36.7 Å². The zero-order chi connectivity index (χ0) is 17.4. The van der Waals surface area contributed by atoms with Gasteiger partial charge >= 0.3 is 0 Å². The lowest BCUT2D eigenvalue weighted by Gasteiger charge is -2.26. The lowest BCUT2D eigenvalue weighted by molar-refractivity contribution is -0.137. The van der Waals surface area contributed by atoms with Gasteiger partial charge in [0.15, 0.2) is 5.82 Å². The van der Waals surface area contributed by atoms with Gasteiger partial charge in [0.05, 0.1) is 11.1 Å². The van der Waals surface area contributed by atoms with Gasteiger partial charge in [-0.3, -0.25) is 9.78 Å². The number of hydrogen-bond acceptors (Lipinski definition) is 5. The number of aromatic nitrogens is 3. The summed E-state index contributed by atoms with van der Waals surface area (Å²) >= 11 is 0. The number of nitrogens with zero attached hydrogens (tertiary/aromatic N) is 5. The molecule has 130 valence electrons. The predicted octanol–water partition coefficient (Wildman–Crippen LogP) is 2.06. The van der Waals surface area contributed by atoms with E-state index in [1.165, 1.54) is 0 Å². The van der Waals surface area contributed by atoms with Gasteiger partial charge in [0.1, 0.15) is 0 Å². The van der Waals surface area contributed by atoms with Crippen LogP contribution in [-0.4, -0.2) is 45.6 Å². The van der Waals surface area contributed by atoms with Gasteiger partial charge in [-0.1, -0.05) is 13.0 Å². The van der Waals surface area contributed by atoms with Crippen LogP contribution in [0.2, 0.25) is 0 Å². The second kappa shape index (κ2) is 6.10. The molecule has 2 saturated heterocycles. The fraction of sp³-hybridized carbons (Fsp3) is 0.474. The highest BCUT2D eigenvalue weighted by Gasteiger charge is 2.55. The lowest BCUT2D eigenvalue weighted by atomic mass is 9.78. The third kappa shape index (κ3) is 2.75. The first kappa shape index (κ1) is 16.0. The Morgan fingerprint density at radius 2 is 2.16 bits per heavy atom. The number of carbonyl (C=O) groups excluding carboxylic acids is 1. The summed E-state index contributed by atoms with van der Waals surface area (Å²) in [5.41, 5.74) is 1.69. The molecule has 0 N–H and O–H groups in total. The standard InChI is InChI=1S/C19H23N5O/c1-14-11-24(17-6-5-15(2)21-22-17)13-19(14)7-9-23(18(19)25)12-16-4-3-8-20-10-16/h3-6,8,10,14H,7,9,11-13H2,1-2H3/t14-,19-/m0/s1. The van der Waals surface area contributed by atoms with Crippen molar-refractivity contribution in [2.24, 2.45) is 11.3 Å². The van der Waals surface area contributed by atoms with E-state index in [1.807, 2.05) is 42.3 Å². The summed E-state index contributed by atoms with van der Waals surface area (Å²) in [6, 6.07) is 7.92. The summed E-state index contributed by atoms with van der Waals surface area (Å²) in [5, 5.41) is 8.46. The third-order valence-electron chi connectivity index (χ3n) is 5.66. The Morgan fingerprint density at radius 3 is 2.88 bits per heavy atom. The van der Waals surface area contributed by atoms with Crippen molar-refractivity contribution in [3.05, 3.63) is 47.9 Å². The molecular weight excluding hydrogens is 314 g/mol. The van der Waals surface area contributed by atoms with Gasteiger partial charge in [-0.15, -0.1) is 5.10 Å². The summed E-state index contributed by atoms with van der Waals surface area (Å²) in [5.74, 6) is 1.45. The van der Waals surface area contributed by atoms with Crippen LogP contribution in [-0.2, 0) is 11.3 Å². The van der Waals surface area contributed by atoms with Gasteiger partial charge in [0.25, 0.3) is 0 Å². The number of aryl methyl sites for hydroxylation is 1. The molecule has 6 nitrogen and oxygen atoms in total. The highest BCUT2D eigenvalue weighted by molar-refractivity contribution is 5.86. The van der Waals surface area contributed by atoms with E-state index in [1.54, 1.807) is 6.20 Å². The van der Waals surface area contributed by atoms with Crippen LogP contribution in [0.1, 0.15) is 24.6 Å². The monoisotopic (exact) mass is 337 g/mol. The Balaban J connectivity index is 1.52. The summed E-state index contributed by atoms with van der Waals surface area (Å²) in [6.45, 7) is 7.16. The summed E-state index contributed by atoms with van der Waals surface area (Å²) in [6.07, 6.45) is 4.50. The van der Waals surface area contributed by atoms with Crippen molar-refractivity contribution in [1.82, 2.24) is 20.1 Å². The minimum atomic E-state index is -0.297. The van der Waals surface area contributed by atoms with Gasteiger partial charge in [-0.25, -0.2) is 0 Å². The highest BCUT2D eigenvalue weighted by Crippen LogP contribution is 2.45. The predicted molar refractivity (Wildman–Crippen MR) is 94.9 cm³/mol. The number of likely N-dealkylation sites (tertiary alicyclic amines) is 1. The van der Waals surface area contributed by atoms with E-state index >= 15 is 0 Å². The van der Waals surface area contributed by atoms with Gasteiger partial charge in [0, 0.05) is 38.6 Å². The maximum Gasteiger partial charge on any atom is 0.231 e. The van der Waals surface area contributed by atoms with Crippen LogP contribution in [0, 0.1) is 18.3 Å². The van der Waals surface area contributed by atoms with Crippen molar-refractivity contribution in [3.8, 4) is 0 Å². The molecule has 4 heterocycles. The zero-order valence-corrected chi connectivity index (χ0v) is 14.7.